The standard InChI is InChI=1S/C24H30ClN3O2/c1-4-15-27(16-21(29)5-2)17-23-18(3)26-28(20-9-7-6-8-10-20)24(23)30-22-13-11-19(25)12-14-22/h6-14,21,29H,4-5,15-17H2,1-3H3/t21-/m1/s1. The van der Waals surface area contributed by atoms with Crippen LogP contribution in [0, 0.1) is 6.92 Å². The van der Waals surface area contributed by atoms with E-state index in [4.69, 9.17) is 21.4 Å². The Balaban J connectivity index is 2.00. The molecule has 0 bridgehead atoms. The molecule has 3 aromatic rings. The second kappa shape index (κ2) is 10.6. The van der Waals surface area contributed by atoms with E-state index in [1.165, 1.54) is 0 Å². The summed E-state index contributed by atoms with van der Waals surface area (Å²) in [6.45, 7) is 8.34. The lowest BCUT2D eigenvalue weighted by atomic mass is 10.2. The molecule has 0 spiro atoms. The van der Waals surface area contributed by atoms with Gasteiger partial charge in [0, 0.05) is 18.1 Å². The van der Waals surface area contributed by atoms with Crippen molar-refractivity contribution >= 4 is 11.6 Å². The van der Waals surface area contributed by atoms with Gasteiger partial charge in [0.15, 0.2) is 0 Å². The maximum Gasteiger partial charge on any atom is 0.227 e. The molecule has 2 aromatic carbocycles. The first-order valence-electron chi connectivity index (χ1n) is 10.5. The number of hydrogen-bond acceptors (Lipinski definition) is 4. The van der Waals surface area contributed by atoms with Crippen LogP contribution in [-0.4, -0.2) is 39.0 Å². The number of aliphatic hydroxyl groups excluding tert-OH is 1. The van der Waals surface area contributed by atoms with Crippen molar-refractivity contribution in [3.05, 3.63) is 70.9 Å². The SMILES string of the molecule is CCCN(Cc1c(C)nn(-c2ccccc2)c1Oc1ccc(Cl)cc1)C[C@H](O)CC. The first-order chi connectivity index (χ1) is 14.5. The van der Waals surface area contributed by atoms with E-state index in [2.05, 4.69) is 11.8 Å². The largest absolute Gasteiger partial charge is 0.439 e. The lowest BCUT2D eigenvalue weighted by molar-refractivity contribution is 0.105. The fraction of sp³-hybridized carbons (Fsp3) is 0.375. The van der Waals surface area contributed by atoms with Crippen molar-refractivity contribution in [3.63, 3.8) is 0 Å². The monoisotopic (exact) mass is 427 g/mol. The normalized spacial score (nSPS) is 12.3. The van der Waals surface area contributed by atoms with E-state index in [1.54, 1.807) is 0 Å². The number of para-hydroxylation sites is 1. The molecule has 0 saturated heterocycles. The number of rotatable bonds is 10. The fourth-order valence-corrected chi connectivity index (χ4v) is 3.51. The Morgan fingerprint density at radius 3 is 2.43 bits per heavy atom. The van der Waals surface area contributed by atoms with Gasteiger partial charge in [0.1, 0.15) is 5.75 Å². The van der Waals surface area contributed by atoms with Crippen LogP contribution >= 0.6 is 11.6 Å². The van der Waals surface area contributed by atoms with E-state index in [-0.39, 0.29) is 6.10 Å². The number of ether oxygens (including phenoxy) is 1. The van der Waals surface area contributed by atoms with Crippen LogP contribution in [0.15, 0.2) is 54.6 Å². The number of aromatic nitrogens is 2. The van der Waals surface area contributed by atoms with E-state index >= 15 is 0 Å². The Bertz CT molecular complexity index is 926. The van der Waals surface area contributed by atoms with E-state index in [1.807, 2.05) is 73.1 Å². The van der Waals surface area contributed by atoms with Crippen molar-refractivity contribution in [2.75, 3.05) is 13.1 Å². The minimum atomic E-state index is -0.346. The summed E-state index contributed by atoms with van der Waals surface area (Å²) in [5, 5.41) is 15.7. The van der Waals surface area contributed by atoms with Gasteiger partial charge in [-0.1, -0.05) is 43.6 Å². The highest BCUT2D eigenvalue weighted by Gasteiger charge is 2.22. The summed E-state index contributed by atoms with van der Waals surface area (Å²) in [6, 6.07) is 17.3. The Morgan fingerprint density at radius 2 is 1.80 bits per heavy atom. The van der Waals surface area contributed by atoms with Gasteiger partial charge in [-0.3, -0.25) is 4.90 Å². The zero-order chi connectivity index (χ0) is 21.5. The molecule has 1 N–H and O–H groups in total. The molecule has 0 saturated carbocycles. The molecule has 0 aliphatic carbocycles. The zero-order valence-corrected chi connectivity index (χ0v) is 18.6. The highest BCUT2D eigenvalue weighted by atomic mass is 35.5. The molecular formula is C24H30ClN3O2. The first kappa shape index (κ1) is 22.3. The molecule has 3 rings (SSSR count). The number of aliphatic hydroxyl groups is 1. The van der Waals surface area contributed by atoms with E-state index in [0.717, 1.165) is 36.3 Å². The van der Waals surface area contributed by atoms with Crippen molar-refractivity contribution in [2.45, 2.75) is 46.3 Å². The quantitative estimate of drug-likeness (QED) is 0.457. The van der Waals surface area contributed by atoms with Crippen LogP contribution < -0.4 is 4.74 Å². The van der Waals surface area contributed by atoms with Gasteiger partial charge in [-0.2, -0.15) is 5.10 Å². The summed E-state index contributed by atoms with van der Waals surface area (Å²) >= 11 is 6.04. The van der Waals surface area contributed by atoms with Gasteiger partial charge in [-0.15, -0.1) is 0 Å². The summed E-state index contributed by atoms with van der Waals surface area (Å²) < 4.78 is 8.18. The van der Waals surface area contributed by atoms with Crippen molar-refractivity contribution in [3.8, 4) is 17.3 Å². The Kier molecular flexibility index (Phi) is 7.91. The third-order valence-electron chi connectivity index (χ3n) is 5.03. The third-order valence-corrected chi connectivity index (χ3v) is 5.28. The predicted octanol–water partition coefficient (Wildman–Crippen LogP) is 5.61. The molecule has 1 atom stereocenters. The topological polar surface area (TPSA) is 50.5 Å². The fourth-order valence-electron chi connectivity index (χ4n) is 3.39. The van der Waals surface area contributed by atoms with Crippen LogP contribution in [0.5, 0.6) is 11.6 Å². The van der Waals surface area contributed by atoms with Crippen LogP contribution in [-0.2, 0) is 6.54 Å². The summed E-state index contributed by atoms with van der Waals surface area (Å²) in [5.41, 5.74) is 2.87. The van der Waals surface area contributed by atoms with Crippen molar-refractivity contribution in [1.82, 2.24) is 14.7 Å². The molecule has 30 heavy (non-hydrogen) atoms. The van der Waals surface area contributed by atoms with Gasteiger partial charge < -0.3 is 9.84 Å². The number of aryl methyl sites for hydroxylation is 1. The lowest BCUT2D eigenvalue weighted by Crippen LogP contribution is -2.32. The van der Waals surface area contributed by atoms with Crippen molar-refractivity contribution in [2.24, 2.45) is 0 Å². The van der Waals surface area contributed by atoms with Crippen molar-refractivity contribution in [1.29, 1.82) is 0 Å². The third kappa shape index (κ3) is 5.63. The number of nitrogens with zero attached hydrogens (tertiary/aromatic N) is 3. The van der Waals surface area contributed by atoms with Crippen LogP contribution in [0.2, 0.25) is 5.02 Å². The summed E-state index contributed by atoms with van der Waals surface area (Å²) in [4.78, 5) is 2.27. The molecule has 1 heterocycles. The number of hydrogen-bond donors (Lipinski definition) is 1. The lowest BCUT2D eigenvalue weighted by Gasteiger charge is -2.24. The van der Waals surface area contributed by atoms with Gasteiger partial charge in [0.25, 0.3) is 0 Å². The second-order valence-corrected chi connectivity index (χ2v) is 7.91. The number of halogens is 1. The first-order valence-corrected chi connectivity index (χ1v) is 10.9. The van der Waals surface area contributed by atoms with Crippen LogP contribution in [0.1, 0.15) is 37.9 Å². The molecule has 0 fully saturated rings. The Labute approximate surface area is 183 Å². The van der Waals surface area contributed by atoms with Crippen LogP contribution in [0.3, 0.4) is 0 Å². The smallest absolute Gasteiger partial charge is 0.227 e. The van der Waals surface area contributed by atoms with Crippen LogP contribution in [0.25, 0.3) is 5.69 Å². The van der Waals surface area contributed by atoms with E-state index in [0.29, 0.717) is 29.7 Å². The summed E-state index contributed by atoms with van der Waals surface area (Å²) in [5.74, 6) is 1.39. The number of benzene rings is 2. The van der Waals surface area contributed by atoms with Gasteiger partial charge >= 0.3 is 0 Å². The minimum absolute atomic E-state index is 0.346. The maximum absolute atomic E-state index is 10.2. The molecule has 0 amide bonds. The van der Waals surface area contributed by atoms with Gasteiger partial charge in [0.2, 0.25) is 5.88 Å². The maximum atomic E-state index is 10.2. The van der Waals surface area contributed by atoms with Gasteiger partial charge in [-0.05, 0) is 62.7 Å². The molecule has 0 aliphatic rings. The highest BCUT2D eigenvalue weighted by Crippen LogP contribution is 2.32. The summed E-state index contributed by atoms with van der Waals surface area (Å²) in [7, 11) is 0. The van der Waals surface area contributed by atoms with E-state index in [9.17, 15) is 5.11 Å². The van der Waals surface area contributed by atoms with Crippen molar-refractivity contribution < 1.29 is 9.84 Å². The Morgan fingerprint density at radius 1 is 1.10 bits per heavy atom. The molecule has 0 unspecified atom stereocenters. The molecule has 160 valence electrons. The minimum Gasteiger partial charge on any atom is -0.439 e. The molecule has 0 radical (unpaired) electrons. The van der Waals surface area contributed by atoms with E-state index < -0.39 is 0 Å². The summed E-state index contributed by atoms with van der Waals surface area (Å²) in [6.07, 6.45) is 1.40. The predicted molar refractivity (Wildman–Crippen MR) is 122 cm³/mol. The van der Waals surface area contributed by atoms with Crippen LogP contribution in [0.4, 0.5) is 0 Å². The molecule has 1 aromatic heterocycles. The Hall–Kier alpha value is -2.34. The van der Waals surface area contributed by atoms with Gasteiger partial charge in [-0.25, -0.2) is 4.68 Å². The highest BCUT2D eigenvalue weighted by molar-refractivity contribution is 6.30. The molecule has 6 heteroatoms. The van der Waals surface area contributed by atoms with Gasteiger partial charge in [0.05, 0.1) is 23.0 Å². The zero-order valence-electron chi connectivity index (χ0n) is 17.9. The average Bonchev–Trinajstić information content (AvgIpc) is 3.05. The molecule has 5 nitrogen and oxygen atoms in total. The average molecular weight is 428 g/mol. The molecular weight excluding hydrogens is 398 g/mol. The second-order valence-electron chi connectivity index (χ2n) is 7.47. The molecule has 0 aliphatic heterocycles.